The van der Waals surface area contributed by atoms with Gasteiger partial charge < -0.3 is 15.4 Å². The number of amides is 2. The molecule has 0 aliphatic heterocycles. The van der Waals surface area contributed by atoms with E-state index in [0.29, 0.717) is 22.5 Å². The summed E-state index contributed by atoms with van der Waals surface area (Å²) < 4.78 is 5.33. The van der Waals surface area contributed by atoms with Gasteiger partial charge in [0.2, 0.25) is 11.8 Å². The molecule has 2 amide bonds. The fourth-order valence-corrected chi connectivity index (χ4v) is 3.39. The Labute approximate surface area is 215 Å². The van der Waals surface area contributed by atoms with E-state index in [-0.39, 0.29) is 42.7 Å². The predicted molar refractivity (Wildman–Crippen MR) is 139 cm³/mol. The summed E-state index contributed by atoms with van der Waals surface area (Å²) in [5, 5.41) is 23.4. The van der Waals surface area contributed by atoms with Crippen LogP contribution in [0, 0.1) is 28.6 Å². The van der Waals surface area contributed by atoms with Gasteiger partial charge in [0.15, 0.2) is 0 Å². The van der Waals surface area contributed by atoms with Gasteiger partial charge in [-0.1, -0.05) is 38.1 Å². The highest BCUT2D eigenvalue weighted by molar-refractivity contribution is 5.99. The van der Waals surface area contributed by atoms with Crippen molar-refractivity contribution in [3.8, 4) is 12.1 Å². The van der Waals surface area contributed by atoms with E-state index < -0.39 is 5.97 Å². The summed E-state index contributed by atoms with van der Waals surface area (Å²) in [6, 6.07) is 22.0. The first kappa shape index (κ1) is 26.7. The van der Waals surface area contributed by atoms with Crippen molar-refractivity contribution in [3.63, 3.8) is 0 Å². The summed E-state index contributed by atoms with van der Waals surface area (Å²) >= 11 is 0. The molecule has 0 saturated carbocycles. The first-order chi connectivity index (χ1) is 17.7. The largest absolute Gasteiger partial charge is 0.462 e. The molecule has 0 atom stereocenters. The predicted octanol–water partition coefficient (Wildman–Crippen LogP) is 4.61. The van der Waals surface area contributed by atoms with Gasteiger partial charge in [-0.2, -0.15) is 10.5 Å². The highest BCUT2D eigenvalue weighted by atomic mass is 16.5. The lowest BCUT2D eigenvalue weighted by Gasteiger charge is -2.13. The van der Waals surface area contributed by atoms with Gasteiger partial charge in [0.1, 0.15) is 0 Å². The van der Waals surface area contributed by atoms with Crippen LogP contribution in [0.4, 0.5) is 11.4 Å². The zero-order chi connectivity index (χ0) is 26.8. The zero-order valence-electron chi connectivity index (χ0n) is 20.6. The van der Waals surface area contributed by atoms with Crippen molar-refractivity contribution < 1.29 is 19.1 Å². The van der Waals surface area contributed by atoms with Gasteiger partial charge in [0.25, 0.3) is 0 Å². The van der Waals surface area contributed by atoms with E-state index in [2.05, 4.69) is 10.6 Å². The molecule has 0 aromatic heterocycles. The van der Waals surface area contributed by atoms with Crippen LogP contribution >= 0.6 is 0 Å². The van der Waals surface area contributed by atoms with Crippen molar-refractivity contribution in [2.45, 2.75) is 26.7 Å². The van der Waals surface area contributed by atoms with E-state index in [1.807, 2.05) is 26.0 Å². The van der Waals surface area contributed by atoms with Crippen molar-refractivity contribution >= 4 is 29.2 Å². The third kappa shape index (κ3) is 8.34. The Hall–Kier alpha value is -4.95. The number of nitrogens with one attached hydrogen (secondary N) is 2. The molecular weight excluding hydrogens is 468 g/mol. The van der Waals surface area contributed by atoms with Gasteiger partial charge in [-0.3, -0.25) is 9.59 Å². The molecule has 0 radical (unpaired) electrons. The SMILES string of the molecule is CC(C)COC(=O)c1cc(NC(=O)Cc2ccc(C#N)cc2)cc(NC(=O)Cc2ccc(C#N)cc2)c1. The van der Waals surface area contributed by atoms with Crippen molar-refractivity contribution in [2.24, 2.45) is 5.92 Å². The average Bonchev–Trinajstić information content (AvgIpc) is 2.87. The van der Waals surface area contributed by atoms with Gasteiger partial charge in [0.05, 0.1) is 48.3 Å². The van der Waals surface area contributed by atoms with Gasteiger partial charge in [-0.05, 0) is 59.5 Å². The lowest BCUT2D eigenvalue weighted by Crippen LogP contribution is -2.18. The van der Waals surface area contributed by atoms with E-state index in [0.717, 1.165) is 11.1 Å². The zero-order valence-corrected chi connectivity index (χ0v) is 20.6. The van der Waals surface area contributed by atoms with Crippen LogP contribution in [-0.2, 0) is 27.2 Å². The number of nitriles is 2. The Morgan fingerprint density at radius 2 is 1.19 bits per heavy atom. The van der Waals surface area contributed by atoms with Crippen LogP contribution in [0.3, 0.4) is 0 Å². The first-order valence-corrected chi connectivity index (χ1v) is 11.7. The summed E-state index contributed by atoms with van der Waals surface area (Å²) in [5.41, 5.74) is 3.28. The number of carbonyl (C=O) groups excluding carboxylic acids is 3. The second-order valence-corrected chi connectivity index (χ2v) is 8.86. The molecule has 3 rings (SSSR count). The second kappa shape index (κ2) is 12.7. The Bertz CT molecular complexity index is 1270. The number of benzene rings is 3. The molecule has 0 spiro atoms. The molecular formula is C29H26N4O4. The standard InChI is InChI=1S/C29H26N4O4/c1-19(2)18-37-29(36)24-13-25(32-27(34)11-20-3-7-22(16-30)8-4-20)15-26(14-24)33-28(35)12-21-5-9-23(17-31)10-6-21/h3-10,13-15,19H,11-12,18H2,1-2H3,(H,32,34)(H,33,35). The molecule has 37 heavy (non-hydrogen) atoms. The number of ether oxygens (including phenoxy) is 1. The van der Waals surface area contributed by atoms with Crippen LogP contribution in [0.25, 0.3) is 0 Å². The number of esters is 1. The average molecular weight is 495 g/mol. The van der Waals surface area contributed by atoms with Crippen LogP contribution in [0.15, 0.2) is 66.7 Å². The van der Waals surface area contributed by atoms with E-state index in [4.69, 9.17) is 15.3 Å². The Morgan fingerprint density at radius 3 is 1.57 bits per heavy atom. The van der Waals surface area contributed by atoms with Crippen molar-refractivity contribution in [3.05, 3.63) is 94.5 Å². The number of hydrogen-bond acceptors (Lipinski definition) is 6. The molecule has 2 N–H and O–H groups in total. The normalized spacial score (nSPS) is 10.2. The van der Waals surface area contributed by atoms with Crippen molar-refractivity contribution in [1.82, 2.24) is 0 Å². The van der Waals surface area contributed by atoms with Gasteiger partial charge in [0, 0.05) is 11.4 Å². The second-order valence-electron chi connectivity index (χ2n) is 8.86. The molecule has 186 valence electrons. The summed E-state index contributed by atoms with van der Waals surface area (Å²) in [4.78, 5) is 37.9. The molecule has 0 heterocycles. The van der Waals surface area contributed by atoms with E-state index in [1.165, 1.54) is 12.1 Å². The van der Waals surface area contributed by atoms with Crippen LogP contribution in [0.1, 0.15) is 46.5 Å². The molecule has 0 aliphatic carbocycles. The minimum absolute atomic E-state index is 0.0636. The number of carbonyl (C=O) groups is 3. The monoisotopic (exact) mass is 494 g/mol. The van der Waals surface area contributed by atoms with Gasteiger partial charge in [-0.25, -0.2) is 4.79 Å². The summed E-state index contributed by atoms with van der Waals surface area (Å²) in [5.74, 6) is -1.08. The third-order valence-electron chi connectivity index (χ3n) is 5.18. The molecule has 8 heteroatoms. The number of hydrogen-bond donors (Lipinski definition) is 2. The molecule has 3 aromatic carbocycles. The van der Waals surface area contributed by atoms with Crippen LogP contribution in [-0.4, -0.2) is 24.4 Å². The highest BCUT2D eigenvalue weighted by Crippen LogP contribution is 2.21. The van der Waals surface area contributed by atoms with E-state index >= 15 is 0 Å². The van der Waals surface area contributed by atoms with Gasteiger partial charge in [-0.15, -0.1) is 0 Å². The molecule has 0 bridgehead atoms. The smallest absolute Gasteiger partial charge is 0.338 e. The summed E-state index contributed by atoms with van der Waals surface area (Å²) in [6.07, 6.45) is 0.127. The maximum absolute atomic E-state index is 12.7. The molecule has 0 unspecified atom stereocenters. The van der Waals surface area contributed by atoms with E-state index in [1.54, 1.807) is 54.6 Å². The maximum atomic E-state index is 12.7. The fraction of sp³-hybridized carbons (Fsp3) is 0.207. The van der Waals surface area contributed by atoms with E-state index in [9.17, 15) is 14.4 Å². The van der Waals surface area contributed by atoms with Crippen LogP contribution in [0.2, 0.25) is 0 Å². The molecule has 0 fully saturated rings. The third-order valence-corrected chi connectivity index (χ3v) is 5.18. The summed E-state index contributed by atoms with van der Waals surface area (Å²) in [7, 11) is 0. The van der Waals surface area contributed by atoms with Crippen LogP contribution in [0.5, 0.6) is 0 Å². The maximum Gasteiger partial charge on any atom is 0.338 e. The molecule has 0 aliphatic rings. The quantitative estimate of drug-likeness (QED) is 0.418. The Kier molecular flexibility index (Phi) is 9.12. The first-order valence-electron chi connectivity index (χ1n) is 11.7. The minimum Gasteiger partial charge on any atom is -0.462 e. The molecule has 0 saturated heterocycles. The number of nitrogens with zero attached hydrogens (tertiary/aromatic N) is 2. The fourth-order valence-electron chi connectivity index (χ4n) is 3.39. The lowest BCUT2D eigenvalue weighted by atomic mass is 10.1. The van der Waals surface area contributed by atoms with Crippen molar-refractivity contribution in [1.29, 1.82) is 10.5 Å². The lowest BCUT2D eigenvalue weighted by molar-refractivity contribution is -0.116. The molecule has 3 aromatic rings. The Morgan fingerprint density at radius 1 is 0.757 bits per heavy atom. The number of rotatable bonds is 9. The highest BCUT2D eigenvalue weighted by Gasteiger charge is 2.15. The van der Waals surface area contributed by atoms with Gasteiger partial charge >= 0.3 is 5.97 Å². The van der Waals surface area contributed by atoms with Crippen molar-refractivity contribution in [2.75, 3.05) is 17.2 Å². The minimum atomic E-state index is -0.570. The summed E-state index contributed by atoms with van der Waals surface area (Å²) in [6.45, 7) is 4.07. The molecule has 8 nitrogen and oxygen atoms in total. The number of anilines is 2. The van der Waals surface area contributed by atoms with Crippen LogP contribution < -0.4 is 10.6 Å². The topological polar surface area (TPSA) is 132 Å². The Balaban J connectivity index is 1.76.